The molecular weight excluding hydrogens is 279 g/mol. The molecule has 0 aromatic heterocycles. The first-order chi connectivity index (χ1) is 8.45. The third kappa shape index (κ3) is 9.31. The maximum absolute atomic E-state index is 10.5. The van der Waals surface area contributed by atoms with Crippen molar-refractivity contribution >= 4 is 35.1 Å². The summed E-state index contributed by atoms with van der Waals surface area (Å²) in [6.45, 7) is 0. The molecule has 0 fully saturated rings. The average molecular weight is 297 g/mol. The average Bonchev–Trinajstić information content (AvgIpc) is 2.30. The van der Waals surface area contributed by atoms with Crippen molar-refractivity contribution in [1.82, 2.24) is 0 Å². The zero-order valence-electron chi connectivity index (χ0n) is 10.1. The number of carbonyl (C=O) groups is 2. The van der Waals surface area contributed by atoms with Gasteiger partial charge in [-0.2, -0.15) is 0 Å². The third-order valence-electron chi connectivity index (χ3n) is 2.46. The summed E-state index contributed by atoms with van der Waals surface area (Å²) in [5.74, 6) is -1.95. The lowest BCUT2D eigenvalue weighted by atomic mass is 10.1. The van der Waals surface area contributed by atoms with Crippen LogP contribution >= 0.6 is 23.2 Å². The van der Waals surface area contributed by atoms with Gasteiger partial charge < -0.3 is 10.2 Å². The molecule has 6 heteroatoms. The van der Waals surface area contributed by atoms with E-state index in [0.717, 1.165) is 32.1 Å². The molecule has 0 aromatic rings. The van der Waals surface area contributed by atoms with Crippen LogP contribution in [0.1, 0.15) is 51.4 Å². The van der Waals surface area contributed by atoms with Crippen LogP contribution in [-0.2, 0) is 9.59 Å². The quantitative estimate of drug-likeness (QED) is 0.472. The van der Waals surface area contributed by atoms with Crippen molar-refractivity contribution in [2.75, 3.05) is 0 Å². The van der Waals surface area contributed by atoms with E-state index < -0.39 is 11.9 Å². The van der Waals surface area contributed by atoms with Gasteiger partial charge in [0.1, 0.15) is 5.03 Å². The largest absolute Gasteiger partial charge is 0.481 e. The fourth-order valence-electron chi connectivity index (χ4n) is 1.49. The standard InChI is InChI=1S/C12H18Cl2O4/c13-9(11(14)12(17)18)7-5-3-1-2-4-6-8-10(15)16/h1-8H2,(H,15,16)(H,17,18). The maximum atomic E-state index is 10.5. The number of hydrogen-bond donors (Lipinski definition) is 2. The molecule has 104 valence electrons. The Morgan fingerprint density at radius 3 is 1.67 bits per heavy atom. The first-order valence-electron chi connectivity index (χ1n) is 5.94. The molecule has 0 saturated heterocycles. The lowest BCUT2D eigenvalue weighted by Crippen LogP contribution is -1.96. The van der Waals surface area contributed by atoms with Crippen LogP contribution in [0, 0.1) is 0 Å². The van der Waals surface area contributed by atoms with E-state index >= 15 is 0 Å². The van der Waals surface area contributed by atoms with Crippen molar-refractivity contribution in [1.29, 1.82) is 0 Å². The maximum Gasteiger partial charge on any atom is 0.348 e. The molecule has 0 aliphatic rings. The normalized spacial score (nSPS) is 12.1. The molecule has 18 heavy (non-hydrogen) atoms. The van der Waals surface area contributed by atoms with E-state index in [1.165, 1.54) is 0 Å². The number of hydrogen-bond acceptors (Lipinski definition) is 2. The topological polar surface area (TPSA) is 74.6 Å². The summed E-state index contributed by atoms with van der Waals surface area (Å²) in [4.78, 5) is 20.7. The lowest BCUT2D eigenvalue weighted by Gasteiger charge is -2.02. The van der Waals surface area contributed by atoms with Gasteiger partial charge in [0.25, 0.3) is 0 Å². The molecule has 2 N–H and O–H groups in total. The van der Waals surface area contributed by atoms with Crippen molar-refractivity contribution in [2.45, 2.75) is 51.4 Å². The molecule has 4 nitrogen and oxygen atoms in total. The highest BCUT2D eigenvalue weighted by Gasteiger charge is 2.09. The van der Waals surface area contributed by atoms with Crippen LogP contribution in [0.3, 0.4) is 0 Å². The van der Waals surface area contributed by atoms with E-state index in [1.54, 1.807) is 0 Å². The van der Waals surface area contributed by atoms with Crippen molar-refractivity contribution in [3.05, 3.63) is 10.1 Å². The first kappa shape index (κ1) is 17.3. The molecule has 0 aliphatic carbocycles. The SMILES string of the molecule is O=C(O)CCCCCCCCC(Cl)=C(Cl)C(=O)O. The molecule has 0 radical (unpaired) electrons. The number of halogens is 2. The van der Waals surface area contributed by atoms with E-state index in [2.05, 4.69) is 0 Å². The van der Waals surface area contributed by atoms with Crippen LogP contribution in [0.4, 0.5) is 0 Å². The van der Waals surface area contributed by atoms with Gasteiger partial charge in [-0.3, -0.25) is 4.79 Å². The van der Waals surface area contributed by atoms with Gasteiger partial charge in [-0.05, 0) is 19.3 Å². The van der Waals surface area contributed by atoms with Gasteiger partial charge in [0.2, 0.25) is 0 Å². The van der Waals surface area contributed by atoms with Crippen LogP contribution in [0.25, 0.3) is 0 Å². The highest BCUT2D eigenvalue weighted by Crippen LogP contribution is 2.21. The number of carboxylic acid groups (broad SMARTS) is 2. The monoisotopic (exact) mass is 296 g/mol. The Balaban J connectivity index is 3.49. The number of unbranched alkanes of at least 4 members (excludes halogenated alkanes) is 5. The zero-order chi connectivity index (χ0) is 14.0. The van der Waals surface area contributed by atoms with Crippen molar-refractivity contribution in [3.8, 4) is 0 Å². The Bertz CT molecular complexity index is 313. The molecule has 0 aromatic carbocycles. The molecule has 0 rings (SSSR count). The summed E-state index contributed by atoms with van der Waals surface area (Å²) >= 11 is 11.2. The molecule has 0 spiro atoms. The summed E-state index contributed by atoms with van der Waals surface area (Å²) in [6.07, 6.45) is 6.03. The zero-order valence-corrected chi connectivity index (χ0v) is 11.6. The third-order valence-corrected chi connectivity index (χ3v) is 3.33. The molecule has 0 heterocycles. The smallest absolute Gasteiger partial charge is 0.348 e. The minimum absolute atomic E-state index is 0.190. The summed E-state index contributed by atoms with van der Waals surface area (Å²) in [6, 6.07) is 0. The second-order valence-corrected chi connectivity index (χ2v) is 4.87. The molecule has 0 bridgehead atoms. The summed E-state index contributed by atoms with van der Waals surface area (Å²) in [5.41, 5.74) is 0. The van der Waals surface area contributed by atoms with E-state index in [4.69, 9.17) is 33.4 Å². The highest BCUT2D eigenvalue weighted by atomic mass is 35.5. The Kier molecular flexibility index (Phi) is 9.79. The summed E-state index contributed by atoms with van der Waals surface area (Å²) < 4.78 is 0. The van der Waals surface area contributed by atoms with E-state index in [0.29, 0.717) is 12.8 Å². The predicted molar refractivity (Wildman–Crippen MR) is 70.9 cm³/mol. The second kappa shape index (κ2) is 10.2. The number of carboxylic acids is 2. The van der Waals surface area contributed by atoms with E-state index in [1.807, 2.05) is 0 Å². The Labute approximate surface area is 117 Å². The highest BCUT2D eigenvalue weighted by molar-refractivity contribution is 6.47. The number of rotatable bonds is 10. The summed E-state index contributed by atoms with van der Waals surface area (Å²) in [5, 5.41) is 16.9. The predicted octanol–water partition coefficient (Wildman–Crippen LogP) is 3.97. The minimum atomic E-state index is -1.20. The number of allylic oxidation sites excluding steroid dienone is 1. The molecule has 0 saturated carbocycles. The Hall–Kier alpha value is -0.740. The van der Waals surface area contributed by atoms with Crippen LogP contribution in [0.2, 0.25) is 0 Å². The van der Waals surface area contributed by atoms with Crippen molar-refractivity contribution < 1.29 is 19.8 Å². The fourth-order valence-corrected chi connectivity index (χ4v) is 1.80. The Morgan fingerprint density at radius 1 is 0.778 bits per heavy atom. The van der Waals surface area contributed by atoms with Gasteiger partial charge in [0.15, 0.2) is 0 Å². The van der Waals surface area contributed by atoms with Crippen LogP contribution < -0.4 is 0 Å². The molecular formula is C12H18Cl2O4. The van der Waals surface area contributed by atoms with E-state index in [9.17, 15) is 9.59 Å². The van der Waals surface area contributed by atoms with Gasteiger partial charge in [0, 0.05) is 11.5 Å². The van der Waals surface area contributed by atoms with Crippen molar-refractivity contribution in [3.63, 3.8) is 0 Å². The van der Waals surface area contributed by atoms with Crippen molar-refractivity contribution in [2.24, 2.45) is 0 Å². The Morgan fingerprint density at radius 2 is 1.22 bits per heavy atom. The van der Waals surface area contributed by atoms with Gasteiger partial charge >= 0.3 is 11.9 Å². The van der Waals surface area contributed by atoms with Crippen LogP contribution in [0.15, 0.2) is 10.1 Å². The van der Waals surface area contributed by atoms with Crippen LogP contribution in [-0.4, -0.2) is 22.2 Å². The van der Waals surface area contributed by atoms with Gasteiger partial charge in [-0.25, -0.2) is 4.79 Å². The molecule has 0 amide bonds. The minimum Gasteiger partial charge on any atom is -0.481 e. The van der Waals surface area contributed by atoms with Gasteiger partial charge in [0.05, 0.1) is 0 Å². The fraction of sp³-hybridized carbons (Fsp3) is 0.667. The lowest BCUT2D eigenvalue weighted by molar-refractivity contribution is -0.137. The summed E-state index contributed by atoms with van der Waals surface area (Å²) in [7, 11) is 0. The number of aliphatic carboxylic acids is 2. The van der Waals surface area contributed by atoms with E-state index in [-0.39, 0.29) is 16.5 Å². The van der Waals surface area contributed by atoms with Gasteiger partial charge in [-0.15, -0.1) is 0 Å². The molecule has 0 aliphatic heterocycles. The molecule has 0 unspecified atom stereocenters. The molecule has 0 atom stereocenters. The van der Waals surface area contributed by atoms with Gasteiger partial charge in [-0.1, -0.05) is 48.9 Å². The first-order valence-corrected chi connectivity index (χ1v) is 6.70. The second-order valence-electron chi connectivity index (χ2n) is 4.04. The van der Waals surface area contributed by atoms with Crippen LogP contribution in [0.5, 0.6) is 0 Å².